The van der Waals surface area contributed by atoms with Crippen LogP contribution in [0.3, 0.4) is 0 Å². The lowest BCUT2D eigenvalue weighted by molar-refractivity contribution is 0.120. The normalized spacial score (nSPS) is 19.7. The van der Waals surface area contributed by atoms with Crippen molar-refractivity contribution in [1.82, 2.24) is 15.1 Å². The Balaban J connectivity index is 1.39. The average Bonchev–Trinajstić information content (AvgIpc) is 2.71. The van der Waals surface area contributed by atoms with Crippen LogP contribution in [0.4, 0.5) is 4.79 Å². The van der Waals surface area contributed by atoms with Crippen molar-refractivity contribution in [2.24, 2.45) is 5.92 Å². The van der Waals surface area contributed by atoms with Gasteiger partial charge in [-0.1, -0.05) is 62.4 Å². The second-order valence-corrected chi connectivity index (χ2v) is 8.30. The van der Waals surface area contributed by atoms with Gasteiger partial charge < -0.3 is 10.2 Å². The summed E-state index contributed by atoms with van der Waals surface area (Å²) in [6.45, 7) is 6.92. The summed E-state index contributed by atoms with van der Waals surface area (Å²) in [6.07, 6.45) is 10.2. The highest BCUT2D eigenvalue weighted by molar-refractivity contribution is 5.74. The first kappa shape index (κ1) is 20.2. The number of piperidine rings is 1. The van der Waals surface area contributed by atoms with E-state index in [-0.39, 0.29) is 6.03 Å². The van der Waals surface area contributed by atoms with Crippen LogP contribution in [0, 0.1) is 5.92 Å². The van der Waals surface area contributed by atoms with Gasteiger partial charge in [0.1, 0.15) is 0 Å². The summed E-state index contributed by atoms with van der Waals surface area (Å²) in [5.74, 6) is 0.829. The van der Waals surface area contributed by atoms with Gasteiger partial charge in [-0.05, 0) is 37.7 Å². The van der Waals surface area contributed by atoms with Crippen LogP contribution in [-0.2, 0) is 6.54 Å². The number of nitrogens with one attached hydrogen (secondary N) is 1. The van der Waals surface area contributed by atoms with Crippen LogP contribution in [-0.4, -0.2) is 48.1 Å². The number of hydrogen-bond donors (Lipinski definition) is 1. The van der Waals surface area contributed by atoms with Crippen molar-refractivity contribution in [3.63, 3.8) is 0 Å². The lowest BCUT2D eigenvalue weighted by atomic mass is 9.87. The monoisotopic (exact) mass is 371 g/mol. The maximum absolute atomic E-state index is 12.7. The highest BCUT2D eigenvalue weighted by Gasteiger charge is 2.27. The zero-order valence-corrected chi connectivity index (χ0v) is 17.0. The minimum Gasteiger partial charge on any atom is -0.338 e. The summed E-state index contributed by atoms with van der Waals surface area (Å²) < 4.78 is 0. The van der Waals surface area contributed by atoms with E-state index in [2.05, 4.69) is 52.4 Å². The molecule has 4 heteroatoms. The molecule has 0 atom stereocenters. The van der Waals surface area contributed by atoms with E-state index in [1.54, 1.807) is 0 Å². The van der Waals surface area contributed by atoms with Crippen LogP contribution >= 0.6 is 0 Å². The first-order valence-electron chi connectivity index (χ1n) is 11.1. The maximum atomic E-state index is 12.7. The minimum atomic E-state index is 0.148. The SMILES string of the molecule is CCN(C(=O)NCCC1CCCCC1)C1CCN(Cc2ccccc2)CC1. The van der Waals surface area contributed by atoms with E-state index >= 15 is 0 Å². The van der Waals surface area contributed by atoms with Gasteiger partial charge in [-0.2, -0.15) is 0 Å². The Morgan fingerprint density at radius 1 is 1.07 bits per heavy atom. The Labute approximate surface area is 165 Å². The second kappa shape index (κ2) is 10.7. The standard InChI is InChI=1S/C23H37N3O/c1-2-26(23(27)24-16-13-20-9-5-3-6-10-20)22-14-17-25(18-15-22)19-21-11-7-4-8-12-21/h4,7-8,11-12,20,22H,2-3,5-6,9-10,13-19H2,1H3,(H,24,27). The minimum absolute atomic E-state index is 0.148. The molecule has 2 amide bonds. The first-order valence-corrected chi connectivity index (χ1v) is 11.1. The summed E-state index contributed by atoms with van der Waals surface area (Å²) >= 11 is 0. The molecule has 1 heterocycles. The molecule has 1 N–H and O–H groups in total. The molecule has 1 aromatic carbocycles. The zero-order chi connectivity index (χ0) is 18.9. The van der Waals surface area contributed by atoms with E-state index in [4.69, 9.17) is 0 Å². The summed E-state index contributed by atoms with van der Waals surface area (Å²) in [5, 5.41) is 3.20. The molecule has 27 heavy (non-hydrogen) atoms. The molecule has 2 fully saturated rings. The van der Waals surface area contributed by atoms with Gasteiger partial charge in [0, 0.05) is 38.8 Å². The van der Waals surface area contributed by atoms with E-state index in [1.165, 1.54) is 37.7 Å². The topological polar surface area (TPSA) is 35.6 Å². The van der Waals surface area contributed by atoms with Gasteiger partial charge in [0.2, 0.25) is 0 Å². The number of likely N-dealkylation sites (tertiary alicyclic amines) is 1. The predicted octanol–water partition coefficient (Wildman–Crippen LogP) is 4.65. The molecule has 4 nitrogen and oxygen atoms in total. The Morgan fingerprint density at radius 3 is 2.44 bits per heavy atom. The highest BCUT2D eigenvalue weighted by Crippen LogP contribution is 2.26. The fourth-order valence-corrected chi connectivity index (χ4v) is 4.76. The van der Waals surface area contributed by atoms with Crippen molar-refractivity contribution < 1.29 is 4.79 Å². The smallest absolute Gasteiger partial charge is 0.317 e. The van der Waals surface area contributed by atoms with Gasteiger partial charge in [0.15, 0.2) is 0 Å². The van der Waals surface area contributed by atoms with Crippen molar-refractivity contribution in [2.75, 3.05) is 26.2 Å². The molecule has 1 aliphatic heterocycles. The molecule has 2 aliphatic rings. The largest absolute Gasteiger partial charge is 0.338 e. The van der Waals surface area contributed by atoms with E-state index < -0.39 is 0 Å². The number of hydrogen-bond acceptors (Lipinski definition) is 2. The van der Waals surface area contributed by atoms with Crippen LogP contribution in [0.1, 0.15) is 63.9 Å². The fraction of sp³-hybridized carbons (Fsp3) is 0.696. The molecule has 150 valence electrons. The summed E-state index contributed by atoms with van der Waals surface area (Å²) in [4.78, 5) is 17.3. The molecule has 1 saturated carbocycles. The number of nitrogens with zero attached hydrogens (tertiary/aromatic N) is 2. The Bertz CT molecular complexity index is 548. The lowest BCUT2D eigenvalue weighted by Crippen LogP contribution is -2.50. The molecule has 3 rings (SSSR count). The van der Waals surface area contributed by atoms with Crippen molar-refractivity contribution >= 4 is 6.03 Å². The van der Waals surface area contributed by atoms with E-state index in [9.17, 15) is 4.79 Å². The number of urea groups is 1. The first-order chi connectivity index (χ1) is 13.3. The number of carbonyl (C=O) groups is 1. The van der Waals surface area contributed by atoms with E-state index in [1.807, 2.05) is 0 Å². The Hall–Kier alpha value is -1.55. The average molecular weight is 372 g/mol. The molecule has 0 bridgehead atoms. The Morgan fingerprint density at radius 2 is 1.78 bits per heavy atom. The molecule has 1 aliphatic carbocycles. The number of benzene rings is 1. The van der Waals surface area contributed by atoms with Gasteiger partial charge in [0.05, 0.1) is 0 Å². The van der Waals surface area contributed by atoms with Crippen LogP contribution in [0.25, 0.3) is 0 Å². The Kier molecular flexibility index (Phi) is 8.00. The molecule has 0 unspecified atom stereocenters. The molecule has 1 saturated heterocycles. The van der Waals surface area contributed by atoms with Crippen LogP contribution in [0.5, 0.6) is 0 Å². The quantitative estimate of drug-likeness (QED) is 0.757. The van der Waals surface area contributed by atoms with Crippen LogP contribution in [0.15, 0.2) is 30.3 Å². The molecule has 0 spiro atoms. The fourth-order valence-electron chi connectivity index (χ4n) is 4.76. The van der Waals surface area contributed by atoms with Crippen molar-refractivity contribution in [2.45, 2.75) is 70.9 Å². The molecule has 0 radical (unpaired) electrons. The van der Waals surface area contributed by atoms with Crippen molar-refractivity contribution in [3.05, 3.63) is 35.9 Å². The predicted molar refractivity (Wildman–Crippen MR) is 112 cm³/mol. The van der Waals surface area contributed by atoms with Crippen molar-refractivity contribution in [1.29, 1.82) is 0 Å². The lowest BCUT2D eigenvalue weighted by Gasteiger charge is -2.38. The van der Waals surface area contributed by atoms with Crippen LogP contribution < -0.4 is 5.32 Å². The number of carbonyl (C=O) groups excluding carboxylic acids is 1. The van der Waals surface area contributed by atoms with E-state index in [0.29, 0.717) is 6.04 Å². The summed E-state index contributed by atoms with van der Waals surface area (Å²) in [6, 6.07) is 11.2. The maximum Gasteiger partial charge on any atom is 0.317 e. The molecule has 0 aromatic heterocycles. The zero-order valence-electron chi connectivity index (χ0n) is 17.0. The number of amides is 2. The van der Waals surface area contributed by atoms with E-state index in [0.717, 1.165) is 57.9 Å². The molecular formula is C23H37N3O. The second-order valence-electron chi connectivity index (χ2n) is 8.30. The summed E-state index contributed by atoms with van der Waals surface area (Å²) in [7, 11) is 0. The third kappa shape index (κ3) is 6.24. The van der Waals surface area contributed by atoms with Gasteiger partial charge >= 0.3 is 6.03 Å². The third-order valence-electron chi connectivity index (χ3n) is 6.40. The molecule has 1 aromatic rings. The van der Waals surface area contributed by atoms with Crippen LogP contribution in [0.2, 0.25) is 0 Å². The van der Waals surface area contributed by atoms with Crippen molar-refractivity contribution in [3.8, 4) is 0 Å². The van der Waals surface area contributed by atoms with Gasteiger partial charge in [0.25, 0.3) is 0 Å². The summed E-state index contributed by atoms with van der Waals surface area (Å²) in [5.41, 5.74) is 1.38. The van der Waals surface area contributed by atoms with Gasteiger partial charge in [-0.15, -0.1) is 0 Å². The molecular weight excluding hydrogens is 334 g/mol. The highest BCUT2D eigenvalue weighted by atomic mass is 16.2. The number of rotatable bonds is 7. The van der Waals surface area contributed by atoms with Gasteiger partial charge in [-0.25, -0.2) is 4.79 Å². The third-order valence-corrected chi connectivity index (χ3v) is 6.40. The van der Waals surface area contributed by atoms with Gasteiger partial charge in [-0.3, -0.25) is 4.90 Å².